The third-order valence-corrected chi connectivity index (χ3v) is 3.68. The van der Waals surface area contributed by atoms with Gasteiger partial charge in [-0.2, -0.15) is 10.1 Å². The zero-order valence-electron chi connectivity index (χ0n) is 14.3. The Morgan fingerprint density at radius 1 is 1.08 bits per heavy atom. The van der Waals surface area contributed by atoms with Gasteiger partial charge in [-0.25, -0.2) is 4.79 Å². The van der Waals surface area contributed by atoms with Crippen LogP contribution in [0.3, 0.4) is 0 Å². The predicted octanol–water partition coefficient (Wildman–Crippen LogP) is 3.06. The number of methoxy groups -OCH3 is 1. The second-order valence-electron chi connectivity index (χ2n) is 5.52. The van der Waals surface area contributed by atoms with E-state index in [-0.39, 0.29) is 5.97 Å². The lowest BCUT2D eigenvalue weighted by molar-refractivity contribution is 0.0601. The molecule has 2 aromatic carbocycles. The maximum Gasteiger partial charge on any atom is 0.337 e. The number of nitrogens with zero attached hydrogens (tertiary/aromatic N) is 3. The minimum absolute atomic E-state index is 0.375. The van der Waals surface area contributed by atoms with Crippen LogP contribution in [0.25, 0.3) is 0 Å². The number of rotatable bonds is 7. The van der Waals surface area contributed by atoms with Gasteiger partial charge in [0.1, 0.15) is 0 Å². The maximum atomic E-state index is 11.4. The van der Waals surface area contributed by atoms with Gasteiger partial charge in [0, 0.05) is 12.2 Å². The van der Waals surface area contributed by atoms with Crippen molar-refractivity contribution in [1.29, 1.82) is 0 Å². The number of carbonyl (C=O) groups excluding carboxylic acids is 1. The van der Waals surface area contributed by atoms with E-state index >= 15 is 0 Å². The SMILES string of the molecule is COC(=O)c1ccc(Nc2nncc(NCCc3ccccc3)n2)cc1. The Morgan fingerprint density at radius 3 is 2.58 bits per heavy atom. The average Bonchev–Trinajstić information content (AvgIpc) is 2.69. The summed E-state index contributed by atoms with van der Waals surface area (Å²) in [6, 6.07) is 17.1. The Labute approximate surface area is 151 Å². The van der Waals surface area contributed by atoms with E-state index in [1.807, 2.05) is 18.2 Å². The minimum Gasteiger partial charge on any atom is -0.465 e. The Morgan fingerprint density at radius 2 is 1.85 bits per heavy atom. The molecule has 0 saturated heterocycles. The number of anilines is 3. The smallest absolute Gasteiger partial charge is 0.337 e. The van der Waals surface area contributed by atoms with Crippen LogP contribution in [0.15, 0.2) is 60.8 Å². The summed E-state index contributed by atoms with van der Waals surface area (Å²) in [6.07, 6.45) is 2.47. The molecular formula is C19H19N5O2. The lowest BCUT2D eigenvalue weighted by atomic mass is 10.1. The quantitative estimate of drug-likeness (QED) is 0.634. The highest BCUT2D eigenvalue weighted by molar-refractivity contribution is 5.89. The van der Waals surface area contributed by atoms with Crippen LogP contribution in [0.1, 0.15) is 15.9 Å². The largest absolute Gasteiger partial charge is 0.465 e. The third kappa shape index (κ3) is 4.76. The van der Waals surface area contributed by atoms with Crippen LogP contribution >= 0.6 is 0 Å². The highest BCUT2D eigenvalue weighted by atomic mass is 16.5. The van der Waals surface area contributed by atoms with Crippen LogP contribution in [0.5, 0.6) is 0 Å². The number of ether oxygens (including phenoxy) is 1. The third-order valence-electron chi connectivity index (χ3n) is 3.68. The van der Waals surface area contributed by atoms with Gasteiger partial charge in [-0.1, -0.05) is 30.3 Å². The number of nitrogens with one attached hydrogen (secondary N) is 2. The molecular weight excluding hydrogens is 330 g/mol. The molecule has 1 heterocycles. The number of hydrogen-bond acceptors (Lipinski definition) is 7. The summed E-state index contributed by atoms with van der Waals surface area (Å²) in [4.78, 5) is 15.8. The second kappa shape index (κ2) is 8.57. The molecule has 0 radical (unpaired) electrons. The van der Waals surface area contributed by atoms with E-state index in [1.54, 1.807) is 30.5 Å². The first-order chi connectivity index (χ1) is 12.7. The molecule has 7 heteroatoms. The highest BCUT2D eigenvalue weighted by Gasteiger charge is 2.06. The summed E-state index contributed by atoms with van der Waals surface area (Å²) >= 11 is 0. The molecule has 3 rings (SSSR count). The van der Waals surface area contributed by atoms with Gasteiger partial charge in [0.2, 0.25) is 5.95 Å². The molecule has 26 heavy (non-hydrogen) atoms. The lowest BCUT2D eigenvalue weighted by Gasteiger charge is -2.08. The van der Waals surface area contributed by atoms with Crippen LogP contribution in [-0.4, -0.2) is 34.8 Å². The normalized spacial score (nSPS) is 10.2. The molecule has 1 aromatic heterocycles. The monoisotopic (exact) mass is 349 g/mol. The molecule has 0 atom stereocenters. The van der Waals surface area contributed by atoms with Crippen molar-refractivity contribution in [3.63, 3.8) is 0 Å². The maximum absolute atomic E-state index is 11.4. The first-order valence-corrected chi connectivity index (χ1v) is 8.17. The predicted molar refractivity (Wildman–Crippen MR) is 99.5 cm³/mol. The van der Waals surface area contributed by atoms with Crippen LogP contribution in [-0.2, 0) is 11.2 Å². The van der Waals surface area contributed by atoms with Gasteiger partial charge >= 0.3 is 5.97 Å². The molecule has 0 spiro atoms. The van der Waals surface area contributed by atoms with Gasteiger partial charge in [-0.15, -0.1) is 5.10 Å². The summed E-state index contributed by atoms with van der Waals surface area (Å²) in [5.41, 5.74) is 2.49. The molecule has 7 nitrogen and oxygen atoms in total. The van der Waals surface area contributed by atoms with E-state index in [9.17, 15) is 4.79 Å². The van der Waals surface area contributed by atoms with Crippen LogP contribution in [0.4, 0.5) is 17.5 Å². The number of benzene rings is 2. The van der Waals surface area contributed by atoms with Crippen molar-refractivity contribution in [2.24, 2.45) is 0 Å². The van der Waals surface area contributed by atoms with Crippen molar-refractivity contribution in [2.45, 2.75) is 6.42 Å². The summed E-state index contributed by atoms with van der Waals surface area (Å²) in [6.45, 7) is 0.746. The first kappa shape index (κ1) is 17.3. The number of aromatic nitrogens is 3. The van der Waals surface area contributed by atoms with E-state index < -0.39 is 0 Å². The molecule has 3 aromatic rings. The number of carbonyl (C=O) groups is 1. The molecule has 2 N–H and O–H groups in total. The zero-order chi connectivity index (χ0) is 18.2. The van der Waals surface area contributed by atoms with Crippen LogP contribution in [0, 0.1) is 0 Å². The summed E-state index contributed by atoms with van der Waals surface area (Å²) in [7, 11) is 1.35. The molecule has 0 unspecified atom stereocenters. The molecule has 0 saturated carbocycles. The standard InChI is InChI=1S/C19H19N5O2/c1-26-18(25)15-7-9-16(10-8-15)22-19-23-17(13-21-24-19)20-12-11-14-5-3-2-4-6-14/h2-10,13H,11-12H2,1H3,(H2,20,22,23,24). The van der Waals surface area contributed by atoms with Crippen molar-refractivity contribution in [3.05, 3.63) is 71.9 Å². The molecule has 0 aliphatic heterocycles. The van der Waals surface area contributed by atoms with Gasteiger partial charge in [-0.3, -0.25) is 0 Å². The molecule has 0 bridgehead atoms. The average molecular weight is 349 g/mol. The van der Waals surface area contributed by atoms with E-state index in [2.05, 4.69) is 42.7 Å². The van der Waals surface area contributed by atoms with E-state index in [0.29, 0.717) is 17.3 Å². The molecule has 0 amide bonds. The van der Waals surface area contributed by atoms with E-state index in [4.69, 9.17) is 0 Å². The molecule has 0 fully saturated rings. The topological polar surface area (TPSA) is 89.0 Å². The Kier molecular flexibility index (Phi) is 5.72. The fourth-order valence-electron chi connectivity index (χ4n) is 2.36. The van der Waals surface area contributed by atoms with Crippen molar-refractivity contribution in [3.8, 4) is 0 Å². The van der Waals surface area contributed by atoms with Gasteiger partial charge in [0.05, 0.1) is 18.9 Å². The molecule has 0 aliphatic rings. The minimum atomic E-state index is -0.376. The molecule has 132 valence electrons. The van der Waals surface area contributed by atoms with Crippen molar-refractivity contribution in [2.75, 3.05) is 24.3 Å². The van der Waals surface area contributed by atoms with Crippen molar-refractivity contribution >= 4 is 23.4 Å². The van der Waals surface area contributed by atoms with Gasteiger partial charge < -0.3 is 15.4 Å². The Bertz CT molecular complexity index is 853. The zero-order valence-corrected chi connectivity index (χ0v) is 14.3. The van der Waals surface area contributed by atoms with Crippen molar-refractivity contribution in [1.82, 2.24) is 15.2 Å². The summed E-state index contributed by atoms with van der Waals surface area (Å²) < 4.78 is 4.68. The van der Waals surface area contributed by atoms with Crippen LogP contribution in [0.2, 0.25) is 0 Å². The van der Waals surface area contributed by atoms with Crippen molar-refractivity contribution < 1.29 is 9.53 Å². The Balaban J connectivity index is 1.57. The molecule has 0 aliphatic carbocycles. The Hall–Kier alpha value is -3.48. The van der Waals surface area contributed by atoms with Crippen LogP contribution < -0.4 is 10.6 Å². The lowest BCUT2D eigenvalue weighted by Crippen LogP contribution is -2.08. The highest BCUT2D eigenvalue weighted by Crippen LogP contribution is 2.15. The summed E-state index contributed by atoms with van der Waals surface area (Å²) in [5, 5.41) is 14.2. The number of hydrogen-bond donors (Lipinski definition) is 2. The first-order valence-electron chi connectivity index (χ1n) is 8.17. The fraction of sp³-hybridized carbons (Fsp3) is 0.158. The number of esters is 1. The van der Waals surface area contributed by atoms with Gasteiger partial charge in [-0.05, 0) is 36.2 Å². The second-order valence-corrected chi connectivity index (χ2v) is 5.52. The van der Waals surface area contributed by atoms with Gasteiger partial charge in [0.15, 0.2) is 5.82 Å². The fourth-order valence-corrected chi connectivity index (χ4v) is 2.36. The van der Waals surface area contributed by atoms with E-state index in [1.165, 1.54) is 12.7 Å². The summed E-state index contributed by atoms with van der Waals surface area (Å²) in [5.74, 6) is 0.643. The van der Waals surface area contributed by atoms with Gasteiger partial charge in [0.25, 0.3) is 0 Å². The van der Waals surface area contributed by atoms with E-state index in [0.717, 1.165) is 18.7 Å².